The minimum absolute atomic E-state index is 0.840. The molecule has 1 aliphatic rings. The third-order valence-corrected chi connectivity index (χ3v) is 3.71. The molecule has 18 heavy (non-hydrogen) atoms. The molecule has 1 aromatic heterocycles. The van der Waals surface area contributed by atoms with E-state index in [4.69, 9.17) is 0 Å². The quantitative estimate of drug-likeness (QED) is 0.891. The average Bonchev–Trinajstić information content (AvgIpc) is 3.04. The van der Waals surface area contributed by atoms with Gasteiger partial charge in [0.15, 0.2) is 0 Å². The average molecular weight is 241 g/mol. The highest BCUT2D eigenvalue weighted by Gasteiger charge is 2.10. The van der Waals surface area contributed by atoms with Crippen LogP contribution in [0.25, 0.3) is 0 Å². The number of fused-ring (bicyclic) bond motifs is 1. The lowest BCUT2D eigenvalue weighted by Gasteiger charge is -2.09. The summed E-state index contributed by atoms with van der Waals surface area (Å²) < 4.78 is 2.17. The van der Waals surface area contributed by atoms with E-state index in [1.54, 1.807) is 0 Å². The van der Waals surface area contributed by atoms with Gasteiger partial charge in [0, 0.05) is 18.4 Å². The Morgan fingerprint density at radius 2 is 2.17 bits per heavy atom. The zero-order valence-corrected chi connectivity index (χ0v) is 10.8. The molecule has 1 heterocycles. The first kappa shape index (κ1) is 11.3. The number of imidazole rings is 1. The van der Waals surface area contributed by atoms with Crippen LogP contribution in [-0.2, 0) is 25.9 Å². The molecule has 3 nitrogen and oxygen atoms in total. The Hall–Kier alpha value is -1.77. The fourth-order valence-electron chi connectivity index (χ4n) is 2.65. The number of rotatable bonds is 4. The van der Waals surface area contributed by atoms with Crippen molar-refractivity contribution in [2.24, 2.45) is 0 Å². The lowest BCUT2D eigenvalue weighted by molar-refractivity contribution is 0.719. The molecule has 0 saturated heterocycles. The van der Waals surface area contributed by atoms with E-state index >= 15 is 0 Å². The highest BCUT2D eigenvalue weighted by molar-refractivity contribution is 5.50. The van der Waals surface area contributed by atoms with E-state index in [1.165, 1.54) is 41.8 Å². The second-order valence-electron chi connectivity index (χ2n) is 4.86. The van der Waals surface area contributed by atoms with Crippen molar-refractivity contribution >= 4 is 5.69 Å². The van der Waals surface area contributed by atoms with Crippen LogP contribution in [0.2, 0.25) is 0 Å². The van der Waals surface area contributed by atoms with E-state index in [0.717, 1.165) is 13.1 Å². The number of aryl methyl sites for hydroxylation is 3. The number of benzene rings is 1. The lowest BCUT2D eigenvalue weighted by Crippen LogP contribution is -2.06. The molecule has 0 bridgehead atoms. The highest BCUT2D eigenvalue weighted by Crippen LogP contribution is 2.25. The summed E-state index contributed by atoms with van der Waals surface area (Å²) in [4.78, 5) is 4.19. The Kier molecular flexibility index (Phi) is 3.05. The number of hydrogen-bond donors (Lipinski definition) is 1. The molecule has 0 unspecified atom stereocenters. The molecule has 94 valence electrons. The van der Waals surface area contributed by atoms with Crippen LogP contribution in [0.3, 0.4) is 0 Å². The van der Waals surface area contributed by atoms with Crippen LogP contribution in [-0.4, -0.2) is 9.55 Å². The van der Waals surface area contributed by atoms with Gasteiger partial charge in [0.25, 0.3) is 0 Å². The van der Waals surface area contributed by atoms with Crippen molar-refractivity contribution < 1.29 is 0 Å². The summed E-state index contributed by atoms with van der Waals surface area (Å²) in [5, 5.41) is 3.49. The maximum absolute atomic E-state index is 4.19. The van der Waals surface area contributed by atoms with Crippen LogP contribution in [0.1, 0.15) is 30.2 Å². The molecule has 1 aromatic carbocycles. The molecule has 0 saturated carbocycles. The minimum Gasteiger partial charge on any atom is -0.379 e. The van der Waals surface area contributed by atoms with Crippen molar-refractivity contribution in [2.75, 3.05) is 5.32 Å². The summed E-state index contributed by atoms with van der Waals surface area (Å²) in [7, 11) is 0. The monoisotopic (exact) mass is 241 g/mol. The maximum atomic E-state index is 4.19. The van der Waals surface area contributed by atoms with E-state index in [9.17, 15) is 0 Å². The maximum Gasteiger partial charge on any atom is 0.0948 e. The molecule has 0 amide bonds. The van der Waals surface area contributed by atoms with Crippen LogP contribution in [0.5, 0.6) is 0 Å². The number of aromatic nitrogens is 2. The summed E-state index contributed by atoms with van der Waals surface area (Å²) in [6, 6.07) is 6.76. The van der Waals surface area contributed by atoms with Gasteiger partial charge in [0.1, 0.15) is 0 Å². The number of nitrogens with one attached hydrogen (secondary N) is 1. The SMILES string of the molecule is CCn1cncc1CNc1ccc2c(c1)CCC2. The summed E-state index contributed by atoms with van der Waals surface area (Å²) in [5.74, 6) is 0. The van der Waals surface area contributed by atoms with E-state index in [0.29, 0.717) is 0 Å². The zero-order valence-electron chi connectivity index (χ0n) is 10.8. The Morgan fingerprint density at radius 3 is 3.06 bits per heavy atom. The third kappa shape index (κ3) is 2.13. The van der Waals surface area contributed by atoms with E-state index < -0.39 is 0 Å². The third-order valence-electron chi connectivity index (χ3n) is 3.71. The van der Waals surface area contributed by atoms with Crippen LogP contribution in [0.4, 0.5) is 5.69 Å². The van der Waals surface area contributed by atoms with Gasteiger partial charge in [-0.3, -0.25) is 0 Å². The molecule has 0 spiro atoms. The largest absolute Gasteiger partial charge is 0.379 e. The lowest BCUT2D eigenvalue weighted by atomic mass is 10.1. The van der Waals surface area contributed by atoms with Gasteiger partial charge in [-0.15, -0.1) is 0 Å². The van der Waals surface area contributed by atoms with Gasteiger partial charge in [-0.25, -0.2) is 4.98 Å². The molecule has 0 aliphatic heterocycles. The van der Waals surface area contributed by atoms with E-state index in [2.05, 4.69) is 40.0 Å². The van der Waals surface area contributed by atoms with Gasteiger partial charge in [-0.05, 0) is 49.4 Å². The van der Waals surface area contributed by atoms with Crippen molar-refractivity contribution in [1.82, 2.24) is 9.55 Å². The van der Waals surface area contributed by atoms with Crippen molar-refractivity contribution in [3.63, 3.8) is 0 Å². The highest BCUT2D eigenvalue weighted by atomic mass is 15.1. The van der Waals surface area contributed by atoms with Gasteiger partial charge >= 0.3 is 0 Å². The normalized spacial score (nSPS) is 13.6. The Morgan fingerprint density at radius 1 is 1.28 bits per heavy atom. The van der Waals surface area contributed by atoms with Gasteiger partial charge in [0.05, 0.1) is 18.6 Å². The molecule has 1 aliphatic carbocycles. The van der Waals surface area contributed by atoms with Crippen LogP contribution >= 0.6 is 0 Å². The minimum atomic E-state index is 0.840. The van der Waals surface area contributed by atoms with E-state index in [1.807, 2.05) is 12.5 Å². The number of hydrogen-bond acceptors (Lipinski definition) is 2. The molecular formula is C15H19N3. The van der Waals surface area contributed by atoms with Crippen LogP contribution in [0.15, 0.2) is 30.7 Å². The Labute approximate surface area is 108 Å². The molecule has 0 atom stereocenters. The van der Waals surface area contributed by atoms with E-state index in [-0.39, 0.29) is 0 Å². The first-order chi connectivity index (χ1) is 8.86. The molecule has 0 radical (unpaired) electrons. The van der Waals surface area contributed by atoms with Crippen molar-refractivity contribution in [1.29, 1.82) is 0 Å². The zero-order chi connectivity index (χ0) is 12.4. The van der Waals surface area contributed by atoms with Crippen molar-refractivity contribution in [3.05, 3.63) is 47.5 Å². The first-order valence-corrected chi connectivity index (χ1v) is 6.71. The molecule has 1 N–H and O–H groups in total. The Bertz CT molecular complexity index is 542. The summed E-state index contributed by atoms with van der Waals surface area (Å²) in [6.45, 7) is 3.95. The second kappa shape index (κ2) is 4.84. The Balaban J connectivity index is 1.70. The summed E-state index contributed by atoms with van der Waals surface area (Å²) >= 11 is 0. The fraction of sp³-hybridized carbons (Fsp3) is 0.400. The smallest absolute Gasteiger partial charge is 0.0948 e. The first-order valence-electron chi connectivity index (χ1n) is 6.71. The fourth-order valence-corrected chi connectivity index (χ4v) is 2.65. The van der Waals surface area contributed by atoms with Crippen molar-refractivity contribution in [2.45, 2.75) is 39.3 Å². The van der Waals surface area contributed by atoms with Gasteiger partial charge in [-0.1, -0.05) is 6.07 Å². The predicted octanol–water partition coefficient (Wildman–Crippen LogP) is 3.00. The molecule has 0 fully saturated rings. The molecule has 3 rings (SSSR count). The number of nitrogens with zero attached hydrogens (tertiary/aromatic N) is 2. The summed E-state index contributed by atoms with van der Waals surface area (Å²) in [5.41, 5.74) is 5.50. The molecular weight excluding hydrogens is 222 g/mol. The molecule has 2 aromatic rings. The second-order valence-corrected chi connectivity index (χ2v) is 4.86. The topological polar surface area (TPSA) is 29.9 Å². The predicted molar refractivity (Wildman–Crippen MR) is 73.7 cm³/mol. The van der Waals surface area contributed by atoms with Crippen LogP contribution in [0, 0.1) is 0 Å². The summed E-state index contributed by atoms with van der Waals surface area (Å²) in [6.07, 6.45) is 7.61. The van der Waals surface area contributed by atoms with Gasteiger partial charge in [0.2, 0.25) is 0 Å². The van der Waals surface area contributed by atoms with Gasteiger partial charge in [-0.2, -0.15) is 0 Å². The molecule has 3 heteroatoms. The standard InChI is InChI=1S/C15H19N3/c1-2-18-11-16-9-15(18)10-17-14-7-6-12-4-3-5-13(12)8-14/h6-9,11,17H,2-5,10H2,1H3. The van der Waals surface area contributed by atoms with Crippen molar-refractivity contribution in [3.8, 4) is 0 Å². The van der Waals surface area contributed by atoms with Crippen LogP contribution < -0.4 is 5.32 Å². The van der Waals surface area contributed by atoms with Gasteiger partial charge < -0.3 is 9.88 Å². The number of anilines is 1.